The fourth-order valence-electron chi connectivity index (χ4n) is 2.25. The maximum absolute atomic E-state index is 12.7. The number of sulfonamides is 1. The first kappa shape index (κ1) is 18.7. The van der Waals surface area contributed by atoms with Crippen molar-refractivity contribution < 1.29 is 13.2 Å². The molecule has 0 aliphatic rings. The molecule has 1 N–H and O–H groups in total. The molecule has 136 valence electrons. The minimum absolute atomic E-state index is 0.127. The number of hydrogen-bond acceptors (Lipinski definition) is 6. The minimum atomic E-state index is -3.63. The summed E-state index contributed by atoms with van der Waals surface area (Å²) in [4.78, 5) is 16.6. The van der Waals surface area contributed by atoms with Crippen LogP contribution in [0.1, 0.15) is 15.2 Å². The van der Waals surface area contributed by atoms with Gasteiger partial charge in [-0.3, -0.25) is 10.1 Å². The van der Waals surface area contributed by atoms with Gasteiger partial charge in [-0.1, -0.05) is 30.3 Å². The molecule has 0 unspecified atom stereocenters. The zero-order valence-corrected chi connectivity index (χ0v) is 16.4. The number of hydrogen-bond donors (Lipinski definition) is 1. The van der Waals surface area contributed by atoms with E-state index < -0.39 is 10.0 Å². The van der Waals surface area contributed by atoms with Crippen LogP contribution in [0.15, 0.2) is 58.3 Å². The topological polar surface area (TPSA) is 79.4 Å². The number of nitrogens with one attached hydrogen (secondary N) is 1. The van der Waals surface area contributed by atoms with Crippen molar-refractivity contribution >= 4 is 43.7 Å². The molecule has 0 aliphatic heterocycles. The maximum atomic E-state index is 12.7. The van der Waals surface area contributed by atoms with E-state index in [2.05, 4.69) is 10.3 Å². The van der Waals surface area contributed by atoms with E-state index in [1.165, 1.54) is 27.1 Å². The maximum Gasteiger partial charge on any atom is 0.267 e. The summed E-state index contributed by atoms with van der Waals surface area (Å²) in [6.45, 7) is 0.364. The third-order valence-electron chi connectivity index (χ3n) is 3.72. The Labute approximate surface area is 160 Å². The third-order valence-corrected chi connectivity index (χ3v) is 7.32. The Kier molecular flexibility index (Phi) is 5.82. The molecule has 0 saturated heterocycles. The second-order valence-corrected chi connectivity index (χ2v) is 9.35. The van der Waals surface area contributed by atoms with E-state index in [1.54, 1.807) is 18.6 Å². The van der Waals surface area contributed by atoms with Gasteiger partial charge in [-0.05, 0) is 18.1 Å². The summed E-state index contributed by atoms with van der Waals surface area (Å²) in [7, 11) is -2.09. The van der Waals surface area contributed by atoms with Crippen molar-refractivity contribution in [2.75, 3.05) is 18.9 Å². The van der Waals surface area contributed by atoms with E-state index in [0.717, 1.165) is 16.9 Å². The van der Waals surface area contributed by atoms with Crippen LogP contribution in [0.25, 0.3) is 0 Å². The molecule has 0 saturated carbocycles. The van der Waals surface area contributed by atoms with Gasteiger partial charge in [-0.15, -0.1) is 22.7 Å². The summed E-state index contributed by atoms with van der Waals surface area (Å²) in [5.41, 5.74) is 1.07. The predicted molar refractivity (Wildman–Crippen MR) is 104 cm³/mol. The van der Waals surface area contributed by atoms with Crippen LogP contribution < -0.4 is 5.32 Å². The lowest BCUT2D eigenvalue weighted by Gasteiger charge is -2.16. The molecule has 1 amide bonds. The van der Waals surface area contributed by atoms with Crippen LogP contribution in [-0.4, -0.2) is 37.2 Å². The highest BCUT2D eigenvalue weighted by molar-refractivity contribution is 7.89. The van der Waals surface area contributed by atoms with Gasteiger partial charge >= 0.3 is 0 Å². The first-order chi connectivity index (χ1) is 12.5. The van der Waals surface area contributed by atoms with E-state index in [4.69, 9.17) is 0 Å². The van der Waals surface area contributed by atoms with Gasteiger partial charge in [-0.25, -0.2) is 17.7 Å². The number of rotatable bonds is 7. The highest BCUT2D eigenvalue weighted by Crippen LogP contribution is 2.23. The van der Waals surface area contributed by atoms with Crippen LogP contribution in [0.3, 0.4) is 0 Å². The Hall–Kier alpha value is -2.07. The number of anilines is 1. The number of thiophene rings is 1. The number of benzene rings is 1. The fraction of sp³-hybridized carbons (Fsp3) is 0.176. The second kappa shape index (κ2) is 8.09. The van der Waals surface area contributed by atoms with Gasteiger partial charge in [0.05, 0.1) is 9.77 Å². The van der Waals surface area contributed by atoms with Crippen LogP contribution in [0.4, 0.5) is 5.13 Å². The lowest BCUT2D eigenvalue weighted by atomic mass is 10.2. The summed E-state index contributed by atoms with van der Waals surface area (Å²) in [5.74, 6) is -0.363. The zero-order valence-electron chi connectivity index (χ0n) is 14.0. The molecule has 0 atom stereocenters. The number of carbonyl (C=O) groups excluding carboxylic acids is 1. The lowest BCUT2D eigenvalue weighted by Crippen LogP contribution is -2.28. The van der Waals surface area contributed by atoms with E-state index in [9.17, 15) is 13.2 Å². The standard InChI is InChI=1S/C17H17N3O3S3/c1-20(9-7-13-5-3-2-4-6-13)26(22,23)14-11-15(25-12-14)16(21)19-17-18-8-10-24-17/h2-6,8,10-12H,7,9H2,1H3,(H,18,19,21). The van der Waals surface area contributed by atoms with Crippen molar-refractivity contribution in [2.24, 2.45) is 0 Å². The van der Waals surface area contributed by atoms with Crippen molar-refractivity contribution in [3.8, 4) is 0 Å². The molecule has 6 nitrogen and oxygen atoms in total. The van der Waals surface area contributed by atoms with Crippen molar-refractivity contribution in [2.45, 2.75) is 11.3 Å². The Morgan fingerprint density at radius 3 is 2.69 bits per heavy atom. The SMILES string of the molecule is CN(CCc1ccccc1)S(=O)(=O)c1csc(C(=O)Nc2nccs2)c1. The zero-order chi connectivity index (χ0) is 18.6. The summed E-state index contributed by atoms with van der Waals surface area (Å²) in [6, 6.07) is 11.1. The Balaban J connectivity index is 1.67. The summed E-state index contributed by atoms with van der Waals surface area (Å²) >= 11 is 2.40. The number of thiazole rings is 1. The van der Waals surface area contributed by atoms with E-state index in [-0.39, 0.29) is 10.8 Å². The fourth-order valence-corrected chi connectivity index (χ4v) is 5.10. The molecule has 3 aromatic rings. The number of carbonyl (C=O) groups is 1. The molecule has 0 aliphatic carbocycles. The van der Waals surface area contributed by atoms with Crippen LogP contribution >= 0.6 is 22.7 Å². The average molecular weight is 408 g/mol. The van der Waals surface area contributed by atoms with E-state index in [1.807, 2.05) is 30.3 Å². The molecule has 0 radical (unpaired) electrons. The number of aromatic nitrogens is 1. The molecule has 2 aromatic heterocycles. The summed E-state index contributed by atoms with van der Waals surface area (Å²) in [6.07, 6.45) is 2.21. The largest absolute Gasteiger partial charge is 0.297 e. The number of amides is 1. The summed E-state index contributed by atoms with van der Waals surface area (Å²) < 4.78 is 26.7. The van der Waals surface area contributed by atoms with Gasteiger partial charge in [0.15, 0.2) is 5.13 Å². The number of nitrogens with zero attached hydrogens (tertiary/aromatic N) is 2. The quantitative estimate of drug-likeness (QED) is 0.652. The van der Waals surface area contributed by atoms with Gasteiger partial charge in [0.2, 0.25) is 10.0 Å². The van der Waals surface area contributed by atoms with Gasteiger partial charge < -0.3 is 0 Å². The molecule has 26 heavy (non-hydrogen) atoms. The molecular formula is C17H17N3O3S3. The molecule has 3 rings (SSSR count). The third kappa shape index (κ3) is 4.36. The van der Waals surface area contributed by atoms with Crippen molar-refractivity contribution in [3.63, 3.8) is 0 Å². The van der Waals surface area contributed by atoms with E-state index in [0.29, 0.717) is 23.0 Å². The predicted octanol–water partition coefficient (Wildman–Crippen LogP) is 3.32. The monoisotopic (exact) mass is 407 g/mol. The molecule has 0 spiro atoms. The first-order valence-corrected chi connectivity index (χ1v) is 11.0. The molecule has 0 bridgehead atoms. The molecule has 9 heteroatoms. The second-order valence-electron chi connectivity index (χ2n) is 5.50. The van der Waals surface area contributed by atoms with Gasteiger partial charge in [0.25, 0.3) is 5.91 Å². The Bertz CT molecular complexity index is 967. The highest BCUT2D eigenvalue weighted by Gasteiger charge is 2.23. The van der Waals surface area contributed by atoms with Crippen LogP contribution in [0.5, 0.6) is 0 Å². The van der Waals surface area contributed by atoms with Crippen LogP contribution in [0, 0.1) is 0 Å². The number of likely N-dealkylation sites (N-methyl/N-ethyl adjacent to an activating group) is 1. The van der Waals surface area contributed by atoms with Crippen LogP contribution in [0.2, 0.25) is 0 Å². The van der Waals surface area contributed by atoms with Crippen LogP contribution in [-0.2, 0) is 16.4 Å². The smallest absolute Gasteiger partial charge is 0.267 e. The van der Waals surface area contributed by atoms with Gasteiger partial charge in [-0.2, -0.15) is 0 Å². The van der Waals surface area contributed by atoms with Crippen molar-refractivity contribution in [3.05, 3.63) is 63.8 Å². The minimum Gasteiger partial charge on any atom is -0.297 e. The Morgan fingerprint density at radius 2 is 2.00 bits per heavy atom. The lowest BCUT2D eigenvalue weighted by molar-refractivity contribution is 0.103. The summed E-state index contributed by atoms with van der Waals surface area (Å²) in [5, 5.41) is 6.37. The average Bonchev–Trinajstić information content (AvgIpc) is 3.32. The van der Waals surface area contributed by atoms with Crippen molar-refractivity contribution in [1.82, 2.24) is 9.29 Å². The Morgan fingerprint density at radius 1 is 1.23 bits per heavy atom. The molecule has 1 aromatic carbocycles. The molecule has 0 fully saturated rings. The van der Waals surface area contributed by atoms with E-state index >= 15 is 0 Å². The molecule has 2 heterocycles. The van der Waals surface area contributed by atoms with Crippen molar-refractivity contribution in [1.29, 1.82) is 0 Å². The normalized spacial score (nSPS) is 11.6. The first-order valence-electron chi connectivity index (χ1n) is 7.76. The molecular weight excluding hydrogens is 390 g/mol. The van der Waals surface area contributed by atoms with Gasteiger partial charge in [0.1, 0.15) is 0 Å². The van der Waals surface area contributed by atoms with Gasteiger partial charge in [0, 0.05) is 30.5 Å². The highest BCUT2D eigenvalue weighted by atomic mass is 32.2.